The van der Waals surface area contributed by atoms with E-state index in [2.05, 4.69) is 47.8 Å². The van der Waals surface area contributed by atoms with E-state index in [-0.39, 0.29) is 6.04 Å². The highest BCUT2D eigenvalue weighted by molar-refractivity contribution is 6.30. The predicted octanol–water partition coefficient (Wildman–Crippen LogP) is 3.05. The average Bonchev–Trinajstić information content (AvgIpc) is 2.52. The first-order chi connectivity index (χ1) is 9.84. The van der Waals surface area contributed by atoms with Crippen molar-refractivity contribution < 1.29 is 0 Å². The molecule has 1 saturated heterocycles. The van der Waals surface area contributed by atoms with Gasteiger partial charge in [-0.1, -0.05) is 54.1 Å². The van der Waals surface area contributed by atoms with Crippen LogP contribution in [-0.4, -0.2) is 25.7 Å². The van der Waals surface area contributed by atoms with Crippen LogP contribution >= 0.6 is 11.6 Å². The molecule has 3 heteroatoms. The molecular weight excluding hydrogens is 268 g/mol. The molecule has 1 heterocycles. The van der Waals surface area contributed by atoms with Crippen molar-refractivity contribution in [3.8, 4) is 0 Å². The maximum atomic E-state index is 6.01. The van der Waals surface area contributed by atoms with Gasteiger partial charge in [0.05, 0.1) is 0 Å². The fraction of sp³-hybridized carbons (Fsp3) is 0.294. The minimum Gasteiger partial charge on any atom is -0.314 e. The molecule has 20 heavy (non-hydrogen) atoms. The summed E-state index contributed by atoms with van der Waals surface area (Å²) in [5.41, 5.74) is 2.59. The van der Waals surface area contributed by atoms with Gasteiger partial charge in [0, 0.05) is 36.6 Å². The molecule has 2 unspecified atom stereocenters. The Balaban J connectivity index is 1.96. The molecule has 1 aliphatic rings. The third-order valence-corrected chi connectivity index (χ3v) is 4.03. The predicted molar refractivity (Wildman–Crippen MR) is 83.4 cm³/mol. The number of hydrogen-bond acceptors (Lipinski definition) is 1. The van der Waals surface area contributed by atoms with E-state index in [0.29, 0.717) is 5.92 Å². The van der Waals surface area contributed by atoms with Crippen molar-refractivity contribution in [2.75, 3.05) is 19.6 Å². The Bertz CT molecular complexity index is 533. The van der Waals surface area contributed by atoms with Gasteiger partial charge in [0.1, 0.15) is 0 Å². The van der Waals surface area contributed by atoms with Gasteiger partial charge in [0.2, 0.25) is 0 Å². The van der Waals surface area contributed by atoms with E-state index in [9.17, 15) is 0 Å². The van der Waals surface area contributed by atoms with Crippen LogP contribution < -0.4 is 10.6 Å². The highest BCUT2D eigenvalue weighted by atomic mass is 35.5. The minimum atomic E-state index is 0.285. The lowest BCUT2D eigenvalue weighted by molar-refractivity contribution is 0.381. The van der Waals surface area contributed by atoms with Crippen LogP contribution in [0.4, 0.5) is 0 Å². The second kappa shape index (κ2) is 6.40. The maximum absolute atomic E-state index is 6.01. The van der Waals surface area contributed by atoms with E-state index in [1.54, 1.807) is 0 Å². The van der Waals surface area contributed by atoms with Crippen LogP contribution in [0.2, 0.25) is 5.02 Å². The number of piperazine rings is 1. The molecule has 1 N–H and O–H groups in total. The molecule has 103 valence electrons. The van der Waals surface area contributed by atoms with Gasteiger partial charge in [-0.05, 0) is 23.3 Å². The lowest BCUT2D eigenvalue weighted by atomic mass is 9.84. The van der Waals surface area contributed by atoms with Gasteiger partial charge in [0.15, 0.2) is 0 Å². The van der Waals surface area contributed by atoms with Crippen molar-refractivity contribution >= 4 is 11.6 Å². The zero-order chi connectivity index (χ0) is 13.8. The molecule has 0 aliphatic carbocycles. The summed E-state index contributed by atoms with van der Waals surface area (Å²) in [5, 5.41) is 9.03. The van der Waals surface area contributed by atoms with E-state index in [1.165, 1.54) is 11.1 Å². The van der Waals surface area contributed by atoms with Crippen molar-refractivity contribution in [1.82, 2.24) is 10.6 Å². The topological polar surface area (TPSA) is 26.1 Å². The average molecular weight is 286 g/mol. The molecule has 1 aliphatic heterocycles. The fourth-order valence-electron chi connectivity index (χ4n) is 2.81. The molecule has 2 nitrogen and oxygen atoms in total. The van der Waals surface area contributed by atoms with Gasteiger partial charge in [-0.3, -0.25) is 0 Å². The van der Waals surface area contributed by atoms with Crippen LogP contribution in [0.5, 0.6) is 0 Å². The number of benzene rings is 2. The van der Waals surface area contributed by atoms with Crippen LogP contribution in [0.3, 0.4) is 0 Å². The first kappa shape index (κ1) is 13.6. The summed E-state index contributed by atoms with van der Waals surface area (Å²) in [5.74, 6) is 0.293. The molecule has 3 rings (SSSR count). The van der Waals surface area contributed by atoms with Crippen molar-refractivity contribution in [2.24, 2.45) is 0 Å². The highest BCUT2D eigenvalue weighted by Crippen LogP contribution is 2.29. The summed E-state index contributed by atoms with van der Waals surface area (Å²) < 4.78 is 0. The Labute approximate surface area is 125 Å². The lowest BCUT2D eigenvalue weighted by Gasteiger charge is -2.31. The Morgan fingerprint density at radius 3 is 2.35 bits per heavy atom. The first-order valence-corrected chi connectivity index (χ1v) is 7.40. The Kier molecular flexibility index (Phi) is 4.36. The molecule has 1 radical (unpaired) electrons. The molecule has 2 aromatic rings. The number of nitrogens with zero attached hydrogens (tertiary/aromatic N) is 1. The number of halogens is 1. The Morgan fingerprint density at radius 1 is 1.00 bits per heavy atom. The molecule has 0 saturated carbocycles. The standard InChI is InChI=1S/C17H18ClN2/c18-15-8-6-14(7-9-15)17(13-4-2-1-3-5-13)16-12-19-10-11-20-16/h1-9,16-17,19H,10-12H2. The van der Waals surface area contributed by atoms with Gasteiger partial charge in [-0.25, -0.2) is 5.32 Å². The SMILES string of the molecule is Clc1ccc(C(c2ccccc2)C2CNCC[N]2)cc1. The van der Waals surface area contributed by atoms with E-state index < -0.39 is 0 Å². The van der Waals surface area contributed by atoms with Crippen molar-refractivity contribution in [1.29, 1.82) is 0 Å². The molecule has 1 fully saturated rings. The van der Waals surface area contributed by atoms with Crippen molar-refractivity contribution in [2.45, 2.75) is 12.0 Å². The fourth-order valence-corrected chi connectivity index (χ4v) is 2.94. The summed E-state index contributed by atoms with van der Waals surface area (Å²) in [6, 6.07) is 19.0. The molecule has 2 atom stereocenters. The van der Waals surface area contributed by atoms with Gasteiger partial charge < -0.3 is 5.32 Å². The van der Waals surface area contributed by atoms with Gasteiger partial charge in [0.25, 0.3) is 0 Å². The highest BCUT2D eigenvalue weighted by Gasteiger charge is 2.26. The Hall–Kier alpha value is -1.35. The zero-order valence-electron chi connectivity index (χ0n) is 11.3. The quantitative estimate of drug-likeness (QED) is 0.922. The summed E-state index contributed by atoms with van der Waals surface area (Å²) >= 11 is 6.01. The maximum Gasteiger partial charge on any atom is 0.0480 e. The summed E-state index contributed by atoms with van der Waals surface area (Å²) in [4.78, 5) is 0. The van der Waals surface area contributed by atoms with Gasteiger partial charge in [-0.2, -0.15) is 0 Å². The molecule has 0 spiro atoms. The van der Waals surface area contributed by atoms with Crippen LogP contribution in [0.15, 0.2) is 54.6 Å². The molecule has 0 bridgehead atoms. The monoisotopic (exact) mass is 285 g/mol. The van der Waals surface area contributed by atoms with E-state index in [4.69, 9.17) is 16.9 Å². The second-order valence-corrected chi connectivity index (χ2v) is 5.55. The van der Waals surface area contributed by atoms with E-state index in [0.717, 1.165) is 24.7 Å². The zero-order valence-corrected chi connectivity index (χ0v) is 12.1. The summed E-state index contributed by atoms with van der Waals surface area (Å²) in [6.45, 7) is 2.81. The normalized spacial score (nSPS) is 20.6. The van der Waals surface area contributed by atoms with Crippen LogP contribution in [0.25, 0.3) is 0 Å². The third kappa shape index (κ3) is 3.04. The number of nitrogens with one attached hydrogen (secondary N) is 1. The van der Waals surface area contributed by atoms with Crippen LogP contribution in [0.1, 0.15) is 17.0 Å². The van der Waals surface area contributed by atoms with Crippen molar-refractivity contribution in [3.63, 3.8) is 0 Å². The van der Waals surface area contributed by atoms with E-state index in [1.807, 2.05) is 12.1 Å². The van der Waals surface area contributed by atoms with Crippen molar-refractivity contribution in [3.05, 3.63) is 70.7 Å². The van der Waals surface area contributed by atoms with Gasteiger partial charge in [-0.15, -0.1) is 0 Å². The van der Waals surface area contributed by atoms with E-state index >= 15 is 0 Å². The molecular formula is C17H18ClN2. The summed E-state index contributed by atoms with van der Waals surface area (Å²) in [7, 11) is 0. The number of rotatable bonds is 3. The largest absolute Gasteiger partial charge is 0.314 e. The van der Waals surface area contributed by atoms with Crippen LogP contribution in [-0.2, 0) is 0 Å². The molecule has 0 aromatic heterocycles. The third-order valence-electron chi connectivity index (χ3n) is 3.78. The molecule has 0 amide bonds. The summed E-state index contributed by atoms with van der Waals surface area (Å²) in [6.07, 6.45) is 0. The lowest BCUT2D eigenvalue weighted by Crippen LogP contribution is -2.47. The van der Waals surface area contributed by atoms with Crippen LogP contribution in [0, 0.1) is 0 Å². The second-order valence-electron chi connectivity index (χ2n) is 5.12. The number of hydrogen-bond donors (Lipinski definition) is 1. The minimum absolute atomic E-state index is 0.285. The van der Waals surface area contributed by atoms with Gasteiger partial charge >= 0.3 is 0 Å². The smallest absolute Gasteiger partial charge is 0.0480 e. The molecule has 2 aromatic carbocycles. The first-order valence-electron chi connectivity index (χ1n) is 7.02. The Morgan fingerprint density at radius 2 is 1.70 bits per heavy atom.